The van der Waals surface area contributed by atoms with Crippen molar-refractivity contribution in [1.29, 1.82) is 0 Å². The van der Waals surface area contributed by atoms with Crippen LogP contribution < -0.4 is 11.1 Å². The molecule has 108 valence electrons. The van der Waals surface area contributed by atoms with E-state index < -0.39 is 0 Å². The molecule has 3 N–H and O–H groups in total. The van der Waals surface area contributed by atoms with E-state index in [1.165, 1.54) is 5.56 Å². The molecule has 0 aliphatic rings. The minimum atomic E-state index is -0.234. The van der Waals surface area contributed by atoms with E-state index in [-0.39, 0.29) is 24.4 Å². The zero-order valence-electron chi connectivity index (χ0n) is 11.1. The lowest BCUT2D eigenvalue weighted by Crippen LogP contribution is -2.29. The van der Waals surface area contributed by atoms with Gasteiger partial charge in [-0.25, -0.2) is 0 Å². The molecule has 1 unspecified atom stereocenters. The summed E-state index contributed by atoms with van der Waals surface area (Å²) in [6.07, 6.45) is 1.20. The Morgan fingerprint density at radius 2 is 2.00 bits per heavy atom. The molecule has 1 aromatic carbocycles. The summed E-state index contributed by atoms with van der Waals surface area (Å²) in [6, 6.07) is 11.5. The molecule has 20 heavy (non-hydrogen) atoms. The standard InChI is InChI=1S/C15H18N2OS.ClH/c16-14(13-4-2-1-3-5-13)10-15(18)17-8-6-12-7-9-19-11-12;/h1-5,7,9,11,14H,6,8,10,16H2,(H,17,18);1H. The van der Waals surface area contributed by atoms with Crippen molar-refractivity contribution in [2.24, 2.45) is 5.73 Å². The van der Waals surface area contributed by atoms with Gasteiger partial charge < -0.3 is 11.1 Å². The molecule has 0 saturated heterocycles. The van der Waals surface area contributed by atoms with E-state index in [0.717, 1.165) is 12.0 Å². The first-order valence-electron chi connectivity index (χ1n) is 6.34. The fraction of sp³-hybridized carbons (Fsp3) is 0.267. The van der Waals surface area contributed by atoms with E-state index in [9.17, 15) is 4.79 Å². The van der Waals surface area contributed by atoms with Gasteiger partial charge in [-0.1, -0.05) is 30.3 Å². The van der Waals surface area contributed by atoms with Gasteiger partial charge >= 0.3 is 0 Å². The molecule has 2 rings (SSSR count). The number of halogens is 1. The molecule has 0 aliphatic carbocycles. The molecule has 1 amide bonds. The zero-order valence-corrected chi connectivity index (χ0v) is 12.8. The van der Waals surface area contributed by atoms with Crippen molar-refractivity contribution in [3.05, 3.63) is 58.3 Å². The Bertz CT molecular complexity index is 502. The highest BCUT2D eigenvalue weighted by molar-refractivity contribution is 7.07. The summed E-state index contributed by atoms with van der Waals surface area (Å²) in [6.45, 7) is 0.664. The second-order valence-electron chi connectivity index (χ2n) is 4.45. The van der Waals surface area contributed by atoms with Crippen LogP contribution in [0.4, 0.5) is 0 Å². The summed E-state index contributed by atoms with van der Waals surface area (Å²) in [7, 11) is 0. The third kappa shape index (κ3) is 5.33. The maximum atomic E-state index is 11.8. The summed E-state index contributed by atoms with van der Waals surface area (Å²) >= 11 is 1.67. The van der Waals surface area contributed by atoms with Crippen LogP contribution in [0.15, 0.2) is 47.2 Å². The predicted molar refractivity (Wildman–Crippen MR) is 86.3 cm³/mol. The number of hydrogen-bond acceptors (Lipinski definition) is 3. The maximum absolute atomic E-state index is 11.8. The largest absolute Gasteiger partial charge is 0.356 e. The Balaban J connectivity index is 0.00000200. The molecule has 0 radical (unpaired) electrons. The Kier molecular flexibility index (Phi) is 7.30. The van der Waals surface area contributed by atoms with Gasteiger partial charge in [0.15, 0.2) is 0 Å². The highest BCUT2D eigenvalue weighted by Gasteiger charge is 2.10. The number of carbonyl (C=O) groups excluding carboxylic acids is 1. The summed E-state index contributed by atoms with van der Waals surface area (Å²) in [4.78, 5) is 11.8. The van der Waals surface area contributed by atoms with Crippen LogP contribution in [-0.2, 0) is 11.2 Å². The third-order valence-electron chi connectivity index (χ3n) is 2.95. The fourth-order valence-corrected chi connectivity index (χ4v) is 2.57. The minimum absolute atomic E-state index is 0. The van der Waals surface area contributed by atoms with Crippen LogP contribution in [-0.4, -0.2) is 12.5 Å². The zero-order chi connectivity index (χ0) is 13.5. The van der Waals surface area contributed by atoms with Gasteiger partial charge in [0.25, 0.3) is 0 Å². The lowest BCUT2D eigenvalue weighted by Gasteiger charge is -2.11. The number of amides is 1. The summed E-state index contributed by atoms with van der Waals surface area (Å²) in [5.41, 5.74) is 8.26. The van der Waals surface area contributed by atoms with Gasteiger partial charge in [0.1, 0.15) is 0 Å². The number of thiophene rings is 1. The highest BCUT2D eigenvalue weighted by Crippen LogP contribution is 2.12. The molecule has 2 aromatic rings. The van der Waals surface area contributed by atoms with Crippen molar-refractivity contribution in [2.45, 2.75) is 18.9 Å². The van der Waals surface area contributed by atoms with Crippen molar-refractivity contribution < 1.29 is 4.79 Å². The van der Waals surface area contributed by atoms with E-state index in [2.05, 4.69) is 16.8 Å². The molecular formula is C15H19ClN2OS. The number of benzene rings is 1. The number of rotatable bonds is 6. The molecule has 1 heterocycles. The average molecular weight is 311 g/mol. The van der Waals surface area contributed by atoms with Crippen molar-refractivity contribution >= 4 is 29.7 Å². The van der Waals surface area contributed by atoms with Crippen LogP contribution in [0.1, 0.15) is 23.6 Å². The van der Waals surface area contributed by atoms with E-state index in [4.69, 9.17) is 5.73 Å². The predicted octanol–water partition coefficient (Wildman–Crippen LogP) is 2.92. The molecule has 1 aromatic heterocycles. The van der Waals surface area contributed by atoms with Crippen molar-refractivity contribution in [3.63, 3.8) is 0 Å². The smallest absolute Gasteiger partial charge is 0.221 e. The van der Waals surface area contributed by atoms with E-state index in [0.29, 0.717) is 13.0 Å². The van der Waals surface area contributed by atoms with Crippen LogP contribution >= 0.6 is 23.7 Å². The molecule has 0 saturated carbocycles. The topological polar surface area (TPSA) is 55.1 Å². The number of hydrogen-bond donors (Lipinski definition) is 2. The molecule has 0 spiro atoms. The number of nitrogens with one attached hydrogen (secondary N) is 1. The van der Waals surface area contributed by atoms with Gasteiger partial charge in [0.05, 0.1) is 0 Å². The van der Waals surface area contributed by atoms with Crippen LogP contribution in [0.25, 0.3) is 0 Å². The Hall–Kier alpha value is -1.36. The minimum Gasteiger partial charge on any atom is -0.356 e. The second-order valence-corrected chi connectivity index (χ2v) is 5.23. The van der Waals surface area contributed by atoms with E-state index in [1.807, 2.05) is 35.7 Å². The van der Waals surface area contributed by atoms with Gasteiger partial charge in [0.2, 0.25) is 5.91 Å². The van der Waals surface area contributed by atoms with Gasteiger partial charge in [-0.3, -0.25) is 4.79 Å². The van der Waals surface area contributed by atoms with Crippen molar-refractivity contribution in [3.8, 4) is 0 Å². The van der Waals surface area contributed by atoms with Gasteiger partial charge in [0, 0.05) is 19.0 Å². The number of nitrogens with two attached hydrogens (primary N) is 1. The average Bonchev–Trinajstić information content (AvgIpc) is 2.93. The molecule has 5 heteroatoms. The Morgan fingerprint density at radius 3 is 2.65 bits per heavy atom. The normalized spacial score (nSPS) is 11.4. The number of carbonyl (C=O) groups is 1. The molecule has 0 fully saturated rings. The first kappa shape index (κ1) is 16.7. The van der Waals surface area contributed by atoms with Crippen LogP contribution in [0, 0.1) is 0 Å². The van der Waals surface area contributed by atoms with Crippen LogP contribution in [0.2, 0.25) is 0 Å². The lowest BCUT2D eigenvalue weighted by molar-refractivity contribution is -0.121. The Morgan fingerprint density at radius 1 is 1.25 bits per heavy atom. The van der Waals surface area contributed by atoms with Crippen LogP contribution in [0.5, 0.6) is 0 Å². The van der Waals surface area contributed by atoms with E-state index >= 15 is 0 Å². The lowest BCUT2D eigenvalue weighted by atomic mass is 10.0. The first-order chi connectivity index (χ1) is 9.25. The fourth-order valence-electron chi connectivity index (χ4n) is 1.87. The second kappa shape index (κ2) is 8.74. The van der Waals surface area contributed by atoms with E-state index in [1.54, 1.807) is 11.3 Å². The monoisotopic (exact) mass is 310 g/mol. The quantitative estimate of drug-likeness (QED) is 0.862. The highest BCUT2D eigenvalue weighted by atomic mass is 35.5. The van der Waals surface area contributed by atoms with Crippen molar-refractivity contribution in [1.82, 2.24) is 5.32 Å². The molecule has 0 aliphatic heterocycles. The molecule has 0 bridgehead atoms. The van der Waals surface area contributed by atoms with Gasteiger partial charge in [-0.05, 0) is 34.4 Å². The van der Waals surface area contributed by atoms with Crippen LogP contribution in [0.3, 0.4) is 0 Å². The summed E-state index contributed by atoms with van der Waals surface area (Å²) < 4.78 is 0. The molecular weight excluding hydrogens is 292 g/mol. The Labute approximate surface area is 129 Å². The van der Waals surface area contributed by atoms with Gasteiger partial charge in [-0.15, -0.1) is 12.4 Å². The molecule has 3 nitrogen and oxygen atoms in total. The van der Waals surface area contributed by atoms with Crippen molar-refractivity contribution in [2.75, 3.05) is 6.54 Å². The summed E-state index contributed by atoms with van der Waals surface area (Å²) in [5, 5.41) is 7.05. The van der Waals surface area contributed by atoms with Gasteiger partial charge in [-0.2, -0.15) is 11.3 Å². The SMILES string of the molecule is Cl.NC(CC(=O)NCCc1ccsc1)c1ccccc1. The first-order valence-corrected chi connectivity index (χ1v) is 7.28. The summed E-state index contributed by atoms with van der Waals surface area (Å²) in [5.74, 6) is 0.00610. The maximum Gasteiger partial charge on any atom is 0.221 e. The molecule has 1 atom stereocenters. The third-order valence-corrected chi connectivity index (χ3v) is 3.68.